The highest BCUT2D eigenvalue weighted by atomic mass is 19.1. The van der Waals surface area contributed by atoms with E-state index in [9.17, 15) is 8.78 Å². The molecule has 0 saturated heterocycles. The molecule has 0 bridgehead atoms. The lowest BCUT2D eigenvalue weighted by atomic mass is 9.55. The fourth-order valence-corrected chi connectivity index (χ4v) is 6.57. The summed E-state index contributed by atoms with van der Waals surface area (Å²) < 4.78 is 27.3. The monoisotopic (exact) mass is 372 g/mol. The number of allylic oxidation sites excluding steroid dienone is 2. The second-order valence-electron chi connectivity index (χ2n) is 9.43. The summed E-state index contributed by atoms with van der Waals surface area (Å²) in [6.07, 6.45) is 17.7. The average molecular weight is 373 g/mol. The van der Waals surface area contributed by atoms with Crippen molar-refractivity contribution in [3.63, 3.8) is 0 Å². The quantitative estimate of drug-likeness (QED) is 0.476. The van der Waals surface area contributed by atoms with Gasteiger partial charge in [0.2, 0.25) is 0 Å². The van der Waals surface area contributed by atoms with Gasteiger partial charge in [-0.2, -0.15) is 0 Å². The SMILES string of the molecule is CCC/C=C/C1CCC2C(CCC3CC(c4cc(F)cc(F)c4)CCC32)C1. The number of hydrogen-bond acceptors (Lipinski definition) is 0. The molecule has 1 aromatic carbocycles. The fourth-order valence-electron chi connectivity index (χ4n) is 6.57. The van der Waals surface area contributed by atoms with Gasteiger partial charge >= 0.3 is 0 Å². The Morgan fingerprint density at radius 1 is 0.852 bits per heavy atom. The number of hydrogen-bond donors (Lipinski definition) is 0. The Labute approximate surface area is 163 Å². The molecule has 27 heavy (non-hydrogen) atoms. The van der Waals surface area contributed by atoms with Crippen LogP contribution in [0.25, 0.3) is 0 Å². The summed E-state index contributed by atoms with van der Waals surface area (Å²) in [5.41, 5.74) is 0.887. The van der Waals surface area contributed by atoms with Crippen LogP contribution < -0.4 is 0 Å². The van der Waals surface area contributed by atoms with Gasteiger partial charge in [0.15, 0.2) is 0 Å². The second-order valence-corrected chi connectivity index (χ2v) is 9.43. The molecule has 6 atom stereocenters. The Balaban J connectivity index is 1.38. The molecule has 0 spiro atoms. The maximum Gasteiger partial charge on any atom is 0.126 e. The van der Waals surface area contributed by atoms with E-state index in [2.05, 4.69) is 19.1 Å². The molecule has 4 rings (SSSR count). The van der Waals surface area contributed by atoms with E-state index in [1.165, 1.54) is 51.4 Å². The molecule has 0 aromatic heterocycles. The Kier molecular flexibility index (Phi) is 5.99. The minimum Gasteiger partial charge on any atom is -0.207 e. The van der Waals surface area contributed by atoms with Gasteiger partial charge in [0.1, 0.15) is 11.6 Å². The molecule has 1 aromatic rings. The van der Waals surface area contributed by atoms with Crippen LogP contribution in [-0.4, -0.2) is 0 Å². The van der Waals surface area contributed by atoms with E-state index in [1.807, 2.05) is 0 Å². The molecule has 3 saturated carbocycles. The minimum absolute atomic E-state index is 0.348. The molecule has 0 nitrogen and oxygen atoms in total. The smallest absolute Gasteiger partial charge is 0.126 e. The predicted octanol–water partition coefficient (Wildman–Crippen LogP) is 7.65. The normalized spacial score (nSPS) is 36.4. The molecule has 0 amide bonds. The number of unbranched alkanes of at least 4 members (excludes halogenated alkanes) is 1. The summed E-state index contributed by atoms with van der Waals surface area (Å²) in [5.74, 6) is 3.75. The molecular weight excluding hydrogens is 338 g/mol. The number of halogens is 2. The Morgan fingerprint density at radius 3 is 2.22 bits per heavy atom. The van der Waals surface area contributed by atoms with E-state index in [4.69, 9.17) is 0 Å². The predicted molar refractivity (Wildman–Crippen MR) is 108 cm³/mol. The number of benzene rings is 1. The van der Waals surface area contributed by atoms with Crippen molar-refractivity contribution < 1.29 is 8.78 Å². The van der Waals surface area contributed by atoms with Crippen LogP contribution >= 0.6 is 0 Å². The van der Waals surface area contributed by atoms with Gasteiger partial charge in [-0.3, -0.25) is 0 Å². The highest BCUT2D eigenvalue weighted by Gasteiger charge is 2.44. The molecule has 0 aliphatic heterocycles. The van der Waals surface area contributed by atoms with Crippen molar-refractivity contribution >= 4 is 0 Å². The van der Waals surface area contributed by atoms with Crippen molar-refractivity contribution in [1.29, 1.82) is 0 Å². The van der Waals surface area contributed by atoms with E-state index in [-0.39, 0.29) is 0 Å². The first-order valence-corrected chi connectivity index (χ1v) is 11.3. The van der Waals surface area contributed by atoms with Crippen LogP contribution in [0.4, 0.5) is 8.78 Å². The van der Waals surface area contributed by atoms with Gasteiger partial charge in [0.05, 0.1) is 0 Å². The lowest BCUT2D eigenvalue weighted by Gasteiger charge is -2.50. The highest BCUT2D eigenvalue weighted by molar-refractivity contribution is 5.23. The van der Waals surface area contributed by atoms with Gasteiger partial charge in [-0.1, -0.05) is 25.5 Å². The molecule has 3 aliphatic rings. The number of rotatable bonds is 4. The fraction of sp³-hybridized carbons (Fsp3) is 0.680. The first-order valence-electron chi connectivity index (χ1n) is 11.3. The van der Waals surface area contributed by atoms with E-state index < -0.39 is 11.6 Å². The Morgan fingerprint density at radius 2 is 1.52 bits per heavy atom. The van der Waals surface area contributed by atoms with Crippen molar-refractivity contribution in [1.82, 2.24) is 0 Å². The molecular formula is C25H34F2. The summed E-state index contributed by atoms with van der Waals surface area (Å²) in [7, 11) is 0. The van der Waals surface area contributed by atoms with Crippen LogP contribution in [-0.2, 0) is 0 Å². The van der Waals surface area contributed by atoms with Gasteiger partial charge in [-0.05, 0) is 111 Å². The molecule has 148 valence electrons. The maximum atomic E-state index is 13.6. The van der Waals surface area contributed by atoms with Crippen LogP contribution in [0.3, 0.4) is 0 Å². The third kappa shape index (κ3) is 4.30. The molecule has 2 heteroatoms. The van der Waals surface area contributed by atoms with E-state index >= 15 is 0 Å². The van der Waals surface area contributed by atoms with Crippen molar-refractivity contribution in [2.45, 2.75) is 77.0 Å². The third-order valence-electron chi connectivity index (χ3n) is 7.80. The lowest BCUT2D eigenvalue weighted by molar-refractivity contribution is 0.0127. The van der Waals surface area contributed by atoms with Crippen molar-refractivity contribution in [3.05, 3.63) is 47.5 Å². The van der Waals surface area contributed by atoms with E-state index in [0.717, 1.165) is 54.1 Å². The van der Waals surface area contributed by atoms with Gasteiger partial charge in [-0.15, -0.1) is 0 Å². The van der Waals surface area contributed by atoms with Crippen LogP contribution in [0.15, 0.2) is 30.4 Å². The summed E-state index contributed by atoms with van der Waals surface area (Å²) >= 11 is 0. The van der Waals surface area contributed by atoms with E-state index in [1.54, 1.807) is 12.1 Å². The van der Waals surface area contributed by atoms with Crippen LogP contribution in [0.1, 0.15) is 82.6 Å². The van der Waals surface area contributed by atoms with Crippen LogP contribution in [0.5, 0.6) is 0 Å². The molecule has 6 unspecified atom stereocenters. The zero-order valence-corrected chi connectivity index (χ0v) is 16.7. The Bertz CT molecular complexity index is 644. The number of fused-ring (bicyclic) bond motifs is 3. The summed E-state index contributed by atoms with van der Waals surface area (Å²) in [6, 6.07) is 4.12. The third-order valence-corrected chi connectivity index (χ3v) is 7.80. The van der Waals surface area contributed by atoms with Gasteiger partial charge in [0, 0.05) is 6.07 Å². The zero-order chi connectivity index (χ0) is 18.8. The van der Waals surface area contributed by atoms with Crippen LogP contribution in [0.2, 0.25) is 0 Å². The van der Waals surface area contributed by atoms with Crippen molar-refractivity contribution in [3.8, 4) is 0 Å². The van der Waals surface area contributed by atoms with Gasteiger partial charge < -0.3 is 0 Å². The lowest BCUT2D eigenvalue weighted by Crippen LogP contribution is -2.41. The zero-order valence-electron chi connectivity index (χ0n) is 16.7. The largest absolute Gasteiger partial charge is 0.207 e. The molecule has 0 N–H and O–H groups in total. The molecule has 3 aliphatic carbocycles. The highest BCUT2D eigenvalue weighted by Crippen LogP contribution is 2.54. The topological polar surface area (TPSA) is 0 Å². The standard InChI is InChI=1S/C25H34F2/c1-2-3-4-5-17-6-10-24-19(12-17)7-8-20-13-18(9-11-25(20)24)21-14-22(26)16-23(27)15-21/h4-5,14-20,24-25H,2-3,6-13H2,1H3/b5-4+. The molecule has 3 fully saturated rings. The summed E-state index contributed by atoms with van der Waals surface area (Å²) in [4.78, 5) is 0. The first kappa shape index (κ1) is 19.2. The van der Waals surface area contributed by atoms with Crippen molar-refractivity contribution in [2.75, 3.05) is 0 Å². The molecule has 0 radical (unpaired) electrons. The van der Waals surface area contributed by atoms with Crippen LogP contribution in [0, 0.1) is 41.2 Å². The molecule has 0 heterocycles. The average Bonchev–Trinajstić information content (AvgIpc) is 2.66. The Hall–Kier alpha value is -1.18. The van der Waals surface area contributed by atoms with Gasteiger partial charge in [0.25, 0.3) is 0 Å². The maximum absolute atomic E-state index is 13.6. The first-order chi connectivity index (χ1) is 13.1. The summed E-state index contributed by atoms with van der Waals surface area (Å²) in [5, 5.41) is 0. The van der Waals surface area contributed by atoms with Crippen molar-refractivity contribution in [2.24, 2.45) is 29.6 Å². The van der Waals surface area contributed by atoms with Gasteiger partial charge in [-0.25, -0.2) is 8.78 Å². The second kappa shape index (κ2) is 8.45. The summed E-state index contributed by atoms with van der Waals surface area (Å²) in [6.45, 7) is 2.25. The van der Waals surface area contributed by atoms with E-state index in [0.29, 0.717) is 5.92 Å². The minimum atomic E-state index is -0.426.